The number of hydrogen-bond acceptors (Lipinski definition) is 3. The SMILES string of the molecule is Cl.O=C(CN1CCC(C(=O)c2ccccc2)CC1)c1ccccc1. The van der Waals surface area contributed by atoms with Crippen molar-refractivity contribution in [3.63, 3.8) is 0 Å². The smallest absolute Gasteiger partial charge is 0.176 e. The second kappa shape index (κ2) is 8.76. The summed E-state index contributed by atoms with van der Waals surface area (Å²) in [6, 6.07) is 18.9. The molecule has 0 spiro atoms. The predicted octanol–water partition coefficient (Wildman–Crippen LogP) is 3.89. The van der Waals surface area contributed by atoms with E-state index in [1.165, 1.54) is 0 Å². The quantitative estimate of drug-likeness (QED) is 0.773. The van der Waals surface area contributed by atoms with E-state index in [1.807, 2.05) is 60.7 Å². The number of hydrogen-bond donors (Lipinski definition) is 0. The second-order valence-electron chi connectivity index (χ2n) is 6.07. The standard InChI is InChI=1S/C20H21NO2.ClH/c22-19(16-7-3-1-4-8-16)15-21-13-11-18(12-14-21)20(23)17-9-5-2-6-10-17;/h1-10,18H,11-15H2;1H. The third kappa shape index (κ3) is 4.53. The number of rotatable bonds is 5. The van der Waals surface area contributed by atoms with Crippen molar-refractivity contribution in [2.24, 2.45) is 5.92 Å². The van der Waals surface area contributed by atoms with E-state index in [-0.39, 0.29) is 29.9 Å². The van der Waals surface area contributed by atoms with Crippen molar-refractivity contribution in [3.8, 4) is 0 Å². The molecule has 0 amide bonds. The molecule has 1 heterocycles. The molecule has 0 N–H and O–H groups in total. The van der Waals surface area contributed by atoms with Gasteiger partial charge in [-0.1, -0.05) is 60.7 Å². The molecule has 0 unspecified atom stereocenters. The largest absolute Gasteiger partial charge is 0.296 e. The highest BCUT2D eigenvalue weighted by atomic mass is 35.5. The number of benzene rings is 2. The average Bonchev–Trinajstić information content (AvgIpc) is 2.63. The lowest BCUT2D eigenvalue weighted by Crippen LogP contribution is -2.39. The molecular formula is C20H22ClNO2. The zero-order valence-corrected chi connectivity index (χ0v) is 14.4. The average molecular weight is 344 g/mol. The third-order valence-corrected chi connectivity index (χ3v) is 4.48. The molecule has 24 heavy (non-hydrogen) atoms. The maximum absolute atomic E-state index is 12.5. The first-order valence-electron chi connectivity index (χ1n) is 8.14. The van der Waals surface area contributed by atoms with Gasteiger partial charge in [0.25, 0.3) is 0 Å². The Bertz CT molecular complexity index is 665. The van der Waals surface area contributed by atoms with Crippen LogP contribution in [0.5, 0.6) is 0 Å². The van der Waals surface area contributed by atoms with E-state index in [2.05, 4.69) is 4.90 Å². The molecule has 0 aliphatic carbocycles. The lowest BCUT2D eigenvalue weighted by molar-refractivity contribution is 0.0805. The molecule has 3 rings (SSSR count). The molecule has 1 aliphatic heterocycles. The van der Waals surface area contributed by atoms with Gasteiger partial charge in [-0.3, -0.25) is 14.5 Å². The number of nitrogens with zero attached hydrogens (tertiary/aromatic N) is 1. The Hall–Kier alpha value is -1.97. The normalized spacial score (nSPS) is 15.5. The van der Waals surface area contributed by atoms with Crippen LogP contribution < -0.4 is 0 Å². The van der Waals surface area contributed by atoms with Crippen molar-refractivity contribution in [2.45, 2.75) is 12.8 Å². The van der Waals surface area contributed by atoms with Crippen molar-refractivity contribution in [1.29, 1.82) is 0 Å². The van der Waals surface area contributed by atoms with Crippen LogP contribution in [0.1, 0.15) is 33.6 Å². The molecule has 0 radical (unpaired) electrons. The molecule has 1 saturated heterocycles. The van der Waals surface area contributed by atoms with Crippen LogP contribution in [0.25, 0.3) is 0 Å². The van der Waals surface area contributed by atoms with Gasteiger partial charge in [-0.05, 0) is 25.9 Å². The second-order valence-corrected chi connectivity index (χ2v) is 6.07. The van der Waals surface area contributed by atoms with Crippen LogP contribution in [0, 0.1) is 5.92 Å². The summed E-state index contributed by atoms with van der Waals surface area (Å²) in [5, 5.41) is 0. The van der Waals surface area contributed by atoms with Crippen molar-refractivity contribution >= 4 is 24.0 Å². The molecule has 2 aromatic carbocycles. The van der Waals surface area contributed by atoms with Gasteiger partial charge in [0, 0.05) is 17.0 Å². The molecule has 0 aromatic heterocycles. The maximum Gasteiger partial charge on any atom is 0.176 e. The topological polar surface area (TPSA) is 37.4 Å². The van der Waals surface area contributed by atoms with Crippen LogP contribution in [0.4, 0.5) is 0 Å². The van der Waals surface area contributed by atoms with E-state index >= 15 is 0 Å². The van der Waals surface area contributed by atoms with Crippen molar-refractivity contribution in [2.75, 3.05) is 19.6 Å². The Morgan fingerprint density at radius 2 is 1.33 bits per heavy atom. The van der Waals surface area contributed by atoms with Crippen LogP contribution in [0.15, 0.2) is 60.7 Å². The van der Waals surface area contributed by atoms with Crippen LogP contribution in [-0.2, 0) is 0 Å². The van der Waals surface area contributed by atoms with E-state index in [0.717, 1.165) is 37.1 Å². The van der Waals surface area contributed by atoms with E-state index < -0.39 is 0 Å². The summed E-state index contributed by atoms with van der Waals surface area (Å²) >= 11 is 0. The summed E-state index contributed by atoms with van der Waals surface area (Å²) in [6.45, 7) is 2.06. The van der Waals surface area contributed by atoms with E-state index in [9.17, 15) is 9.59 Å². The van der Waals surface area contributed by atoms with Crippen molar-refractivity contribution < 1.29 is 9.59 Å². The molecule has 1 aliphatic rings. The first-order chi connectivity index (χ1) is 11.2. The lowest BCUT2D eigenvalue weighted by atomic mass is 9.89. The summed E-state index contributed by atoms with van der Waals surface area (Å²) in [5.41, 5.74) is 1.56. The number of carbonyl (C=O) groups is 2. The summed E-state index contributed by atoms with van der Waals surface area (Å²) in [5.74, 6) is 0.471. The van der Waals surface area contributed by atoms with Crippen LogP contribution >= 0.6 is 12.4 Å². The molecule has 126 valence electrons. The summed E-state index contributed by atoms with van der Waals surface area (Å²) in [4.78, 5) is 26.9. The van der Waals surface area contributed by atoms with E-state index in [1.54, 1.807) is 0 Å². The summed E-state index contributed by atoms with van der Waals surface area (Å²) in [6.07, 6.45) is 1.66. The molecular weight excluding hydrogens is 322 g/mol. The van der Waals surface area contributed by atoms with Crippen molar-refractivity contribution in [1.82, 2.24) is 4.90 Å². The first kappa shape index (κ1) is 18.4. The zero-order chi connectivity index (χ0) is 16.1. The van der Waals surface area contributed by atoms with Gasteiger partial charge < -0.3 is 0 Å². The fourth-order valence-corrected chi connectivity index (χ4v) is 3.11. The van der Waals surface area contributed by atoms with E-state index in [0.29, 0.717) is 6.54 Å². The molecule has 2 aromatic rings. The van der Waals surface area contributed by atoms with Gasteiger partial charge in [0.1, 0.15) is 0 Å². The first-order valence-corrected chi connectivity index (χ1v) is 8.14. The summed E-state index contributed by atoms with van der Waals surface area (Å²) < 4.78 is 0. The minimum atomic E-state index is 0. The molecule has 0 saturated carbocycles. The summed E-state index contributed by atoms with van der Waals surface area (Å²) in [7, 11) is 0. The Kier molecular flexibility index (Phi) is 6.71. The lowest BCUT2D eigenvalue weighted by Gasteiger charge is -2.30. The number of likely N-dealkylation sites (tertiary alicyclic amines) is 1. The number of piperidine rings is 1. The highest BCUT2D eigenvalue weighted by molar-refractivity contribution is 5.98. The number of Topliss-reactive ketones (excluding diaryl/α,β-unsaturated/α-hetero) is 2. The van der Waals surface area contributed by atoms with Gasteiger partial charge in [0.15, 0.2) is 11.6 Å². The highest BCUT2D eigenvalue weighted by Gasteiger charge is 2.26. The minimum absolute atomic E-state index is 0. The van der Waals surface area contributed by atoms with Gasteiger partial charge in [-0.2, -0.15) is 0 Å². The molecule has 1 fully saturated rings. The number of carbonyl (C=O) groups excluding carboxylic acids is 2. The van der Waals surface area contributed by atoms with Crippen LogP contribution in [-0.4, -0.2) is 36.1 Å². The maximum atomic E-state index is 12.5. The fraction of sp³-hybridized carbons (Fsp3) is 0.300. The Labute approximate surface area is 149 Å². The number of ketones is 2. The third-order valence-electron chi connectivity index (χ3n) is 4.48. The monoisotopic (exact) mass is 343 g/mol. The van der Waals surface area contributed by atoms with Gasteiger partial charge in [-0.15, -0.1) is 12.4 Å². The Morgan fingerprint density at radius 3 is 1.88 bits per heavy atom. The zero-order valence-electron chi connectivity index (χ0n) is 13.6. The van der Waals surface area contributed by atoms with Gasteiger partial charge in [0.05, 0.1) is 6.54 Å². The molecule has 0 atom stereocenters. The van der Waals surface area contributed by atoms with Gasteiger partial charge in [-0.25, -0.2) is 0 Å². The van der Waals surface area contributed by atoms with E-state index in [4.69, 9.17) is 0 Å². The molecule has 3 nitrogen and oxygen atoms in total. The molecule has 0 bridgehead atoms. The van der Waals surface area contributed by atoms with Gasteiger partial charge >= 0.3 is 0 Å². The van der Waals surface area contributed by atoms with Crippen molar-refractivity contribution in [3.05, 3.63) is 71.8 Å². The number of halogens is 1. The van der Waals surface area contributed by atoms with Gasteiger partial charge in [0.2, 0.25) is 0 Å². The Morgan fingerprint density at radius 1 is 0.833 bits per heavy atom. The fourth-order valence-electron chi connectivity index (χ4n) is 3.11. The minimum Gasteiger partial charge on any atom is -0.296 e. The predicted molar refractivity (Wildman–Crippen MR) is 98.0 cm³/mol. The van der Waals surface area contributed by atoms with Crippen LogP contribution in [0.3, 0.4) is 0 Å². The Balaban J connectivity index is 0.00000208. The molecule has 4 heteroatoms. The van der Waals surface area contributed by atoms with Crippen LogP contribution in [0.2, 0.25) is 0 Å². The highest BCUT2D eigenvalue weighted by Crippen LogP contribution is 2.22.